The van der Waals surface area contributed by atoms with E-state index in [-0.39, 0.29) is 5.92 Å². The molecule has 0 radical (unpaired) electrons. The second kappa shape index (κ2) is 5.81. The van der Waals surface area contributed by atoms with Crippen LogP contribution in [0.5, 0.6) is 0 Å². The van der Waals surface area contributed by atoms with Gasteiger partial charge < -0.3 is 0 Å². The summed E-state index contributed by atoms with van der Waals surface area (Å²) in [6.07, 6.45) is 0. The van der Waals surface area contributed by atoms with Crippen LogP contribution in [-0.4, -0.2) is 8.42 Å². The molecular formula is C15H15F2NO2S. The van der Waals surface area contributed by atoms with Crippen molar-refractivity contribution in [2.24, 2.45) is 0 Å². The minimum absolute atomic E-state index is 0.233. The molecule has 1 N–H and O–H groups in total. The van der Waals surface area contributed by atoms with Crippen LogP contribution < -0.4 is 4.72 Å². The molecular weight excluding hydrogens is 296 g/mol. The Labute approximate surface area is 122 Å². The molecule has 2 aromatic carbocycles. The van der Waals surface area contributed by atoms with Crippen molar-refractivity contribution < 1.29 is 17.2 Å². The van der Waals surface area contributed by atoms with E-state index in [1.807, 2.05) is 19.9 Å². The van der Waals surface area contributed by atoms with Gasteiger partial charge in [-0.25, -0.2) is 17.2 Å². The van der Waals surface area contributed by atoms with Gasteiger partial charge in [0, 0.05) is 11.8 Å². The first-order valence-corrected chi connectivity index (χ1v) is 7.86. The van der Waals surface area contributed by atoms with Crippen molar-refractivity contribution in [3.05, 3.63) is 59.7 Å². The summed E-state index contributed by atoms with van der Waals surface area (Å²) in [4.78, 5) is -0.584. The van der Waals surface area contributed by atoms with E-state index in [9.17, 15) is 17.2 Å². The summed E-state index contributed by atoms with van der Waals surface area (Å²) < 4.78 is 53.0. The van der Waals surface area contributed by atoms with E-state index in [0.29, 0.717) is 11.8 Å². The predicted molar refractivity (Wildman–Crippen MR) is 77.7 cm³/mol. The van der Waals surface area contributed by atoms with Crippen LogP contribution in [0.2, 0.25) is 0 Å². The Bertz CT molecular complexity index is 758. The molecule has 3 nitrogen and oxygen atoms in total. The highest BCUT2D eigenvalue weighted by atomic mass is 32.2. The van der Waals surface area contributed by atoms with Gasteiger partial charge in [-0.15, -0.1) is 0 Å². The molecule has 0 saturated heterocycles. The average Bonchev–Trinajstić information content (AvgIpc) is 2.37. The highest BCUT2D eigenvalue weighted by Gasteiger charge is 2.19. The maximum atomic E-state index is 13.6. The van der Waals surface area contributed by atoms with Crippen molar-refractivity contribution >= 4 is 15.7 Å². The van der Waals surface area contributed by atoms with Gasteiger partial charge in [0.25, 0.3) is 10.0 Å². The van der Waals surface area contributed by atoms with E-state index in [4.69, 9.17) is 0 Å². The van der Waals surface area contributed by atoms with Crippen LogP contribution in [0.15, 0.2) is 47.4 Å². The van der Waals surface area contributed by atoms with Gasteiger partial charge in [0.05, 0.1) is 0 Å². The fourth-order valence-corrected chi connectivity index (χ4v) is 2.97. The number of rotatable bonds is 4. The third-order valence-corrected chi connectivity index (χ3v) is 4.40. The van der Waals surface area contributed by atoms with Crippen molar-refractivity contribution in [2.75, 3.05) is 4.72 Å². The highest BCUT2D eigenvalue weighted by molar-refractivity contribution is 7.92. The van der Waals surface area contributed by atoms with Crippen LogP contribution >= 0.6 is 0 Å². The number of benzene rings is 2. The van der Waals surface area contributed by atoms with E-state index in [1.54, 1.807) is 18.2 Å². The average molecular weight is 311 g/mol. The smallest absolute Gasteiger partial charge is 0.264 e. The molecule has 0 aliphatic heterocycles. The van der Waals surface area contributed by atoms with E-state index in [0.717, 1.165) is 17.7 Å². The Morgan fingerprint density at radius 2 is 1.76 bits per heavy atom. The summed E-state index contributed by atoms with van der Waals surface area (Å²) in [5, 5.41) is 0. The Kier molecular flexibility index (Phi) is 4.27. The SMILES string of the molecule is CC(C)c1cccc(NS(=O)(=O)c2ccc(F)cc2F)c1. The quantitative estimate of drug-likeness (QED) is 0.931. The molecule has 0 aromatic heterocycles. The van der Waals surface area contributed by atoms with Gasteiger partial charge in [-0.05, 0) is 35.7 Å². The first kappa shape index (κ1) is 15.4. The third kappa shape index (κ3) is 3.58. The Morgan fingerprint density at radius 3 is 2.38 bits per heavy atom. The molecule has 2 aromatic rings. The number of hydrogen-bond donors (Lipinski definition) is 1. The van der Waals surface area contributed by atoms with E-state index < -0.39 is 26.6 Å². The first-order valence-electron chi connectivity index (χ1n) is 6.37. The number of nitrogens with one attached hydrogen (secondary N) is 1. The zero-order valence-electron chi connectivity index (χ0n) is 11.6. The summed E-state index contributed by atoms with van der Waals surface area (Å²) in [5.74, 6) is -1.72. The Morgan fingerprint density at radius 1 is 1.05 bits per heavy atom. The summed E-state index contributed by atoms with van der Waals surface area (Å²) in [7, 11) is -4.09. The van der Waals surface area contributed by atoms with Crippen LogP contribution in [-0.2, 0) is 10.0 Å². The van der Waals surface area contributed by atoms with Crippen LogP contribution in [0.4, 0.5) is 14.5 Å². The van der Waals surface area contributed by atoms with E-state index in [2.05, 4.69) is 4.72 Å². The summed E-state index contributed by atoms with van der Waals surface area (Å²) in [5.41, 5.74) is 1.29. The van der Waals surface area contributed by atoms with Crippen molar-refractivity contribution in [3.63, 3.8) is 0 Å². The second-order valence-corrected chi connectivity index (χ2v) is 6.61. The van der Waals surface area contributed by atoms with Crippen molar-refractivity contribution in [1.29, 1.82) is 0 Å². The zero-order valence-corrected chi connectivity index (χ0v) is 12.4. The maximum Gasteiger partial charge on any atom is 0.264 e. The number of hydrogen-bond acceptors (Lipinski definition) is 2. The zero-order chi connectivity index (χ0) is 15.6. The lowest BCUT2D eigenvalue weighted by Crippen LogP contribution is -2.15. The minimum atomic E-state index is -4.09. The lowest BCUT2D eigenvalue weighted by molar-refractivity contribution is 0.551. The van der Waals surface area contributed by atoms with Crippen molar-refractivity contribution in [3.8, 4) is 0 Å². The molecule has 0 unspecified atom stereocenters. The molecule has 0 aliphatic rings. The second-order valence-electron chi connectivity index (χ2n) is 4.96. The van der Waals surface area contributed by atoms with Gasteiger partial charge in [0.2, 0.25) is 0 Å². The van der Waals surface area contributed by atoms with Crippen molar-refractivity contribution in [2.45, 2.75) is 24.7 Å². The molecule has 112 valence electrons. The van der Waals surface area contributed by atoms with Crippen molar-refractivity contribution in [1.82, 2.24) is 0 Å². The van der Waals surface area contributed by atoms with Crippen LogP contribution in [0.3, 0.4) is 0 Å². The third-order valence-electron chi connectivity index (χ3n) is 2.99. The van der Waals surface area contributed by atoms with Gasteiger partial charge in [-0.2, -0.15) is 0 Å². The lowest BCUT2D eigenvalue weighted by atomic mass is 10.0. The largest absolute Gasteiger partial charge is 0.280 e. The molecule has 6 heteroatoms. The number of halogens is 2. The molecule has 0 spiro atoms. The molecule has 0 bridgehead atoms. The summed E-state index contributed by atoms with van der Waals surface area (Å²) in [6, 6.07) is 9.20. The molecule has 0 atom stereocenters. The lowest BCUT2D eigenvalue weighted by Gasteiger charge is -2.11. The monoisotopic (exact) mass is 311 g/mol. The molecule has 0 aliphatic carbocycles. The van der Waals surface area contributed by atoms with Gasteiger partial charge in [0.15, 0.2) is 0 Å². The van der Waals surface area contributed by atoms with E-state index >= 15 is 0 Å². The highest BCUT2D eigenvalue weighted by Crippen LogP contribution is 2.22. The van der Waals surface area contributed by atoms with Crippen LogP contribution in [0.25, 0.3) is 0 Å². The molecule has 0 fully saturated rings. The van der Waals surface area contributed by atoms with Gasteiger partial charge in [-0.1, -0.05) is 26.0 Å². The van der Waals surface area contributed by atoms with Gasteiger partial charge in [-0.3, -0.25) is 4.72 Å². The molecule has 0 saturated carbocycles. The predicted octanol–water partition coefficient (Wildman–Crippen LogP) is 3.89. The van der Waals surface area contributed by atoms with Crippen LogP contribution in [0, 0.1) is 11.6 Å². The maximum absolute atomic E-state index is 13.6. The standard InChI is InChI=1S/C15H15F2NO2S/c1-10(2)11-4-3-5-13(8-11)18-21(19,20)15-7-6-12(16)9-14(15)17/h3-10,18H,1-2H3. The topological polar surface area (TPSA) is 46.2 Å². The van der Waals surface area contributed by atoms with Crippen LogP contribution in [0.1, 0.15) is 25.3 Å². The van der Waals surface area contributed by atoms with Gasteiger partial charge >= 0.3 is 0 Å². The molecule has 21 heavy (non-hydrogen) atoms. The fraction of sp³-hybridized carbons (Fsp3) is 0.200. The number of sulfonamides is 1. The summed E-state index contributed by atoms with van der Waals surface area (Å²) >= 11 is 0. The minimum Gasteiger partial charge on any atom is -0.280 e. The Balaban J connectivity index is 2.35. The molecule has 2 rings (SSSR count). The van der Waals surface area contributed by atoms with E-state index in [1.165, 1.54) is 0 Å². The van der Waals surface area contributed by atoms with Gasteiger partial charge in [0.1, 0.15) is 16.5 Å². The first-order chi connectivity index (χ1) is 9.79. The normalized spacial score (nSPS) is 11.7. The molecule has 0 heterocycles. The summed E-state index contributed by atoms with van der Waals surface area (Å²) in [6.45, 7) is 3.96. The number of anilines is 1. The molecule has 0 amide bonds. The fourth-order valence-electron chi connectivity index (χ4n) is 1.86. The Hall–Kier alpha value is -1.95.